The van der Waals surface area contributed by atoms with Gasteiger partial charge in [-0.1, -0.05) is 0 Å². The standard InChI is InChI=1S/C20H22N6/c1-13(14-7-8-14)26-12-16(11-22-26)23-20-17-5-2-6-18(17)24-19(25-20)15-4-3-9-21-10-15/h3-4,9-14H,2,5-8H2,1H3,(H,23,24,25). The van der Waals surface area contributed by atoms with Gasteiger partial charge in [-0.05, 0) is 57.1 Å². The third-order valence-electron chi connectivity index (χ3n) is 5.44. The summed E-state index contributed by atoms with van der Waals surface area (Å²) in [6.45, 7) is 2.25. The van der Waals surface area contributed by atoms with Crippen molar-refractivity contribution in [3.05, 3.63) is 48.2 Å². The molecule has 1 saturated carbocycles. The quantitative estimate of drug-likeness (QED) is 0.758. The minimum absolute atomic E-state index is 0.465. The third kappa shape index (κ3) is 2.85. The summed E-state index contributed by atoms with van der Waals surface area (Å²) in [7, 11) is 0. The van der Waals surface area contributed by atoms with Gasteiger partial charge in [0, 0.05) is 35.4 Å². The van der Waals surface area contributed by atoms with Crippen LogP contribution in [0.25, 0.3) is 11.4 Å². The molecule has 3 aromatic heterocycles. The van der Waals surface area contributed by atoms with Crippen LogP contribution in [0.15, 0.2) is 36.9 Å². The first kappa shape index (κ1) is 15.5. The smallest absolute Gasteiger partial charge is 0.163 e. The number of rotatable bonds is 5. The van der Waals surface area contributed by atoms with Gasteiger partial charge in [0.1, 0.15) is 5.82 Å². The second kappa shape index (κ2) is 6.20. The lowest BCUT2D eigenvalue weighted by atomic mass is 10.2. The molecule has 132 valence electrons. The number of nitrogens with zero attached hydrogens (tertiary/aromatic N) is 5. The fourth-order valence-corrected chi connectivity index (χ4v) is 3.72. The first-order valence-electron chi connectivity index (χ1n) is 9.39. The predicted octanol–water partition coefficient (Wildman–Crippen LogP) is 3.94. The van der Waals surface area contributed by atoms with E-state index < -0.39 is 0 Å². The number of hydrogen-bond acceptors (Lipinski definition) is 5. The van der Waals surface area contributed by atoms with Crippen molar-refractivity contribution in [2.75, 3.05) is 5.32 Å². The van der Waals surface area contributed by atoms with Crippen molar-refractivity contribution in [1.82, 2.24) is 24.7 Å². The molecule has 2 aliphatic carbocycles. The molecule has 0 radical (unpaired) electrons. The summed E-state index contributed by atoms with van der Waals surface area (Å²) in [4.78, 5) is 13.8. The number of aromatic nitrogens is 5. The van der Waals surface area contributed by atoms with Crippen molar-refractivity contribution in [3.8, 4) is 11.4 Å². The minimum atomic E-state index is 0.465. The monoisotopic (exact) mass is 346 g/mol. The van der Waals surface area contributed by atoms with E-state index in [1.54, 1.807) is 6.20 Å². The summed E-state index contributed by atoms with van der Waals surface area (Å²) in [6, 6.07) is 4.39. The van der Waals surface area contributed by atoms with E-state index in [1.165, 1.54) is 18.4 Å². The van der Waals surface area contributed by atoms with Crippen LogP contribution in [0.5, 0.6) is 0 Å². The molecule has 3 heterocycles. The molecule has 0 saturated heterocycles. The lowest BCUT2D eigenvalue weighted by Crippen LogP contribution is -2.07. The van der Waals surface area contributed by atoms with E-state index in [9.17, 15) is 0 Å². The number of pyridine rings is 1. The van der Waals surface area contributed by atoms with Gasteiger partial charge in [0.15, 0.2) is 5.82 Å². The van der Waals surface area contributed by atoms with Crippen LogP contribution in [0.1, 0.15) is 43.5 Å². The van der Waals surface area contributed by atoms with Crippen molar-refractivity contribution in [2.24, 2.45) is 5.92 Å². The summed E-state index contributed by atoms with van der Waals surface area (Å²) >= 11 is 0. The number of fused-ring (bicyclic) bond motifs is 1. The van der Waals surface area contributed by atoms with Crippen molar-refractivity contribution < 1.29 is 0 Å². The number of aryl methyl sites for hydroxylation is 1. The maximum Gasteiger partial charge on any atom is 0.163 e. The molecular formula is C20H22N6. The summed E-state index contributed by atoms with van der Waals surface area (Å²) in [5.74, 6) is 2.42. The van der Waals surface area contributed by atoms with Gasteiger partial charge in [-0.3, -0.25) is 9.67 Å². The second-order valence-electron chi connectivity index (χ2n) is 7.33. The van der Waals surface area contributed by atoms with Gasteiger partial charge >= 0.3 is 0 Å². The molecule has 2 aliphatic rings. The highest BCUT2D eigenvalue weighted by atomic mass is 15.3. The number of nitrogens with one attached hydrogen (secondary N) is 1. The molecule has 0 aliphatic heterocycles. The van der Waals surface area contributed by atoms with E-state index in [0.29, 0.717) is 6.04 Å². The molecule has 3 aromatic rings. The Morgan fingerprint density at radius 1 is 1.19 bits per heavy atom. The van der Waals surface area contributed by atoms with Crippen LogP contribution in [0.4, 0.5) is 11.5 Å². The van der Waals surface area contributed by atoms with Crippen molar-refractivity contribution >= 4 is 11.5 Å². The fraction of sp³-hybridized carbons (Fsp3) is 0.400. The third-order valence-corrected chi connectivity index (χ3v) is 5.44. The van der Waals surface area contributed by atoms with Gasteiger partial charge in [0.05, 0.1) is 17.9 Å². The van der Waals surface area contributed by atoms with Gasteiger partial charge in [-0.15, -0.1) is 0 Å². The van der Waals surface area contributed by atoms with Crippen LogP contribution in [0, 0.1) is 5.92 Å². The van der Waals surface area contributed by atoms with Crippen LogP contribution >= 0.6 is 0 Å². The largest absolute Gasteiger partial charge is 0.337 e. The summed E-state index contributed by atoms with van der Waals surface area (Å²) in [5, 5.41) is 8.04. The molecule has 26 heavy (non-hydrogen) atoms. The average Bonchev–Trinajstić information content (AvgIpc) is 3.23. The first-order chi connectivity index (χ1) is 12.8. The molecule has 1 atom stereocenters. The Labute approximate surface area is 152 Å². The van der Waals surface area contributed by atoms with Crippen LogP contribution in [0.3, 0.4) is 0 Å². The molecule has 0 amide bonds. The van der Waals surface area contributed by atoms with Crippen LogP contribution in [-0.2, 0) is 12.8 Å². The average molecular weight is 346 g/mol. The van der Waals surface area contributed by atoms with Gasteiger partial charge in [0.25, 0.3) is 0 Å². The summed E-state index contributed by atoms with van der Waals surface area (Å²) in [5.41, 5.74) is 4.33. The topological polar surface area (TPSA) is 68.5 Å². The van der Waals surface area contributed by atoms with E-state index in [1.807, 2.05) is 24.5 Å². The second-order valence-corrected chi connectivity index (χ2v) is 7.33. The van der Waals surface area contributed by atoms with E-state index in [-0.39, 0.29) is 0 Å². The Morgan fingerprint density at radius 2 is 2.12 bits per heavy atom. The molecular weight excluding hydrogens is 324 g/mol. The first-order valence-corrected chi connectivity index (χ1v) is 9.39. The maximum absolute atomic E-state index is 4.81. The Morgan fingerprint density at radius 3 is 2.92 bits per heavy atom. The molecule has 1 N–H and O–H groups in total. The van der Waals surface area contributed by atoms with Gasteiger partial charge < -0.3 is 5.32 Å². The van der Waals surface area contributed by atoms with Crippen LogP contribution in [0.2, 0.25) is 0 Å². The van der Waals surface area contributed by atoms with Gasteiger partial charge in [0.2, 0.25) is 0 Å². The molecule has 0 aromatic carbocycles. The Balaban J connectivity index is 1.47. The van der Waals surface area contributed by atoms with Gasteiger partial charge in [-0.25, -0.2) is 9.97 Å². The maximum atomic E-state index is 4.81. The Hall–Kier alpha value is -2.76. The van der Waals surface area contributed by atoms with Crippen LogP contribution < -0.4 is 5.32 Å². The molecule has 5 rings (SSSR count). The van der Waals surface area contributed by atoms with Crippen LogP contribution in [-0.4, -0.2) is 24.7 Å². The highest BCUT2D eigenvalue weighted by molar-refractivity contribution is 5.64. The van der Waals surface area contributed by atoms with Gasteiger partial charge in [-0.2, -0.15) is 5.10 Å². The van der Waals surface area contributed by atoms with Crippen molar-refractivity contribution in [1.29, 1.82) is 0 Å². The molecule has 6 heteroatoms. The van der Waals surface area contributed by atoms with E-state index in [0.717, 1.165) is 53.8 Å². The lowest BCUT2D eigenvalue weighted by molar-refractivity contribution is 0.440. The Bertz CT molecular complexity index is 929. The van der Waals surface area contributed by atoms with Crippen molar-refractivity contribution in [2.45, 2.75) is 45.1 Å². The zero-order valence-electron chi connectivity index (χ0n) is 14.9. The Kier molecular flexibility index (Phi) is 3.69. The molecule has 0 spiro atoms. The normalized spacial score (nSPS) is 17.1. The minimum Gasteiger partial charge on any atom is -0.337 e. The summed E-state index contributed by atoms with van der Waals surface area (Å²) in [6.07, 6.45) is 13.4. The highest BCUT2D eigenvalue weighted by Crippen LogP contribution is 2.39. The zero-order chi connectivity index (χ0) is 17.5. The predicted molar refractivity (Wildman–Crippen MR) is 100 cm³/mol. The molecule has 0 bridgehead atoms. The molecule has 1 unspecified atom stereocenters. The lowest BCUT2D eigenvalue weighted by Gasteiger charge is -2.12. The van der Waals surface area contributed by atoms with E-state index in [2.05, 4.69) is 33.2 Å². The van der Waals surface area contributed by atoms with E-state index >= 15 is 0 Å². The number of hydrogen-bond donors (Lipinski definition) is 1. The molecule has 1 fully saturated rings. The zero-order valence-corrected chi connectivity index (χ0v) is 14.9. The number of anilines is 2. The summed E-state index contributed by atoms with van der Waals surface area (Å²) < 4.78 is 2.07. The van der Waals surface area contributed by atoms with E-state index in [4.69, 9.17) is 9.97 Å². The SMILES string of the molecule is CC(C1CC1)n1cc(Nc2nc(-c3cccnc3)nc3c2CCC3)cn1. The molecule has 6 nitrogen and oxygen atoms in total. The fourth-order valence-electron chi connectivity index (χ4n) is 3.72. The highest BCUT2D eigenvalue weighted by Gasteiger charge is 2.29. The van der Waals surface area contributed by atoms with Crippen molar-refractivity contribution in [3.63, 3.8) is 0 Å².